The Bertz CT molecular complexity index is 490. The molecule has 0 radical (unpaired) electrons. The molecule has 2 aromatic rings. The lowest BCUT2D eigenvalue weighted by atomic mass is 10.2. The maximum absolute atomic E-state index is 5.51. The molecule has 18 heavy (non-hydrogen) atoms. The lowest BCUT2D eigenvalue weighted by Crippen LogP contribution is -2.08. The third-order valence-electron chi connectivity index (χ3n) is 2.59. The third-order valence-corrected chi connectivity index (χ3v) is 3.39. The quantitative estimate of drug-likeness (QED) is 0.869. The van der Waals surface area contributed by atoms with Crippen LogP contribution >= 0.6 is 11.3 Å². The van der Waals surface area contributed by atoms with Gasteiger partial charge in [0.1, 0.15) is 0 Å². The lowest BCUT2D eigenvalue weighted by Gasteiger charge is -2.12. The van der Waals surface area contributed by atoms with Gasteiger partial charge >= 0.3 is 0 Å². The molecule has 0 aliphatic rings. The van der Waals surface area contributed by atoms with Gasteiger partial charge in [0.2, 0.25) is 0 Å². The zero-order chi connectivity index (χ0) is 13.0. The van der Waals surface area contributed by atoms with E-state index in [0.29, 0.717) is 6.54 Å². The molecule has 0 saturated heterocycles. The van der Waals surface area contributed by atoms with Crippen LogP contribution in [0.15, 0.2) is 29.6 Å². The molecular formula is C13H18N4S. The number of nitrogens with two attached hydrogens (primary N) is 1. The van der Waals surface area contributed by atoms with Crippen molar-refractivity contribution in [3.63, 3.8) is 0 Å². The van der Waals surface area contributed by atoms with Gasteiger partial charge in [0.25, 0.3) is 0 Å². The molecule has 3 N–H and O–H groups in total. The van der Waals surface area contributed by atoms with Crippen molar-refractivity contribution in [3.8, 4) is 0 Å². The highest BCUT2D eigenvalue weighted by Crippen LogP contribution is 2.22. The molecule has 0 aliphatic heterocycles. The number of thiazole rings is 1. The van der Waals surface area contributed by atoms with Crippen LogP contribution in [0, 0.1) is 0 Å². The number of hydrogen-bond acceptors (Lipinski definition) is 5. The number of nitrogens with zero attached hydrogens (tertiary/aromatic N) is 2. The normalized spacial score (nSPS) is 10.4. The van der Waals surface area contributed by atoms with Gasteiger partial charge in [-0.05, 0) is 30.8 Å². The van der Waals surface area contributed by atoms with Crippen LogP contribution in [0.5, 0.6) is 0 Å². The zero-order valence-electron chi connectivity index (χ0n) is 10.7. The standard InChI is InChI=1S/C13H18N4S/c1-17(2)12-5-3-10(4-6-12)15-13-16-11(7-8-14)9-18-13/h3-6,9H,7-8,14H2,1-2H3,(H,15,16). The van der Waals surface area contributed by atoms with Gasteiger partial charge < -0.3 is 16.0 Å². The molecule has 2 rings (SSSR count). The predicted octanol–water partition coefficient (Wildman–Crippen LogP) is 2.45. The van der Waals surface area contributed by atoms with Gasteiger partial charge in [-0.15, -0.1) is 11.3 Å². The highest BCUT2D eigenvalue weighted by Gasteiger charge is 2.02. The van der Waals surface area contributed by atoms with E-state index in [1.807, 2.05) is 19.5 Å². The van der Waals surface area contributed by atoms with E-state index in [0.717, 1.165) is 22.9 Å². The van der Waals surface area contributed by atoms with Crippen molar-refractivity contribution < 1.29 is 0 Å². The monoisotopic (exact) mass is 262 g/mol. The van der Waals surface area contributed by atoms with E-state index in [4.69, 9.17) is 5.73 Å². The Kier molecular flexibility index (Phi) is 4.17. The average molecular weight is 262 g/mol. The zero-order valence-corrected chi connectivity index (χ0v) is 11.5. The minimum absolute atomic E-state index is 0.640. The minimum atomic E-state index is 0.640. The number of aromatic nitrogens is 1. The van der Waals surface area contributed by atoms with Gasteiger partial charge in [-0.1, -0.05) is 0 Å². The largest absolute Gasteiger partial charge is 0.378 e. The first kappa shape index (κ1) is 12.9. The van der Waals surface area contributed by atoms with Crippen LogP contribution in [0.2, 0.25) is 0 Å². The highest BCUT2D eigenvalue weighted by atomic mass is 32.1. The molecule has 0 bridgehead atoms. The summed E-state index contributed by atoms with van der Waals surface area (Å²) in [6.07, 6.45) is 0.831. The van der Waals surface area contributed by atoms with E-state index < -0.39 is 0 Å². The van der Waals surface area contributed by atoms with Crippen LogP contribution in [0.25, 0.3) is 0 Å². The van der Waals surface area contributed by atoms with Crippen molar-refractivity contribution in [1.29, 1.82) is 0 Å². The molecule has 96 valence electrons. The molecule has 0 atom stereocenters. The maximum Gasteiger partial charge on any atom is 0.187 e. The first-order valence-electron chi connectivity index (χ1n) is 5.88. The second-order valence-corrected chi connectivity index (χ2v) is 5.11. The highest BCUT2D eigenvalue weighted by molar-refractivity contribution is 7.13. The molecule has 4 nitrogen and oxygen atoms in total. The van der Waals surface area contributed by atoms with E-state index in [-0.39, 0.29) is 0 Å². The molecule has 0 fully saturated rings. The number of nitrogens with one attached hydrogen (secondary N) is 1. The minimum Gasteiger partial charge on any atom is -0.378 e. The van der Waals surface area contributed by atoms with Gasteiger partial charge in [0.05, 0.1) is 5.69 Å². The van der Waals surface area contributed by atoms with Crippen LogP contribution in [0.3, 0.4) is 0 Å². The summed E-state index contributed by atoms with van der Waals surface area (Å²) >= 11 is 1.61. The van der Waals surface area contributed by atoms with E-state index in [9.17, 15) is 0 Å². The van der Waals surface area contributed by atoms with Crippen LogP contribution < -0.4 is 16.0 Å². The molecule has 0 unspecified atom stereocenters. The van der Waals surface area contributed by atoms with Gasteiger partial charge in [-0.2, -0.15) is 0 Å². The summed E-state index contributed by atoms with van der Waals surface area (Å²) in [7, 11) is 4.06. The van der Waals surface area contributed by atoms with E-state index >= 15 is 0 Å². The third kappa shape index (κ3) is 3.21. The van der Waals surface area contributed by atoms with Crippen molar-refractivity contribution in [2.45, 2.75) is 6.42 Å². The fourth-order valence-corrected chi connectivity index (χ4v) is 2.36. The Morgan fingerprint density at radius 3 is 2.61 bits per heavy atom. The second-order valence-electron chi connectivity index (χ2n) is 4.25. The number of hydrogen-bond donors (Lipinski definition) is 2. The fourth-order valence-electron chi connectivity index (χ4n) is 1.59. The van der Waals surface area contributed by atoms with E-state index in [1.165, 1.54) is 5.69 Å². The van der Waals surface area contributed by atoms with Gasteiger partial charge in [0, 0.05) is 37.3 Å². The van der Waals surface area contributed by atoms with Crippen molar-refractivity contribution in [2.24, 2.45) is 5.73 Å². The number of benzene rings is 1. The Labute approximate surface area is 111 Å². The molecular weight excluding hydrogens is 244 g/mol. The van der Waals surface area contributed by atoms with Crippen molar-refractivity contribution in [3.05, 3.63) is 35.3 Å². The van der Waals surface area contributed by atoms with Crippen molar-refractivity contribution >= 4 is 27.8 Å². The Morgan fingerprint density at radius 2 is 2.00 bits per heavy atom. The van der Waals surface area contributed by atoms with Gasteiger partial charge in [-0.25, -0.2) is 4.98 Å². The Hall–Kier alpha value is -1.59. The summed E-state index contributed by atoms with van der Waals surface area (Å²) in [4.78, 5) is 6.55. The smallest absolute Gasteiger partial charge is 0.187 e. The molecule has 0 saturated carbocycles. The van der Waals surface area contributed by atoms with Crippen LogP contribution in [0.1, 0.15) is 5.69 Å². The van der Waals surface area contributed by atoms with Crippen LogP contribution in [0.4, 0.5) is 16.5 Å². The Balaban J connectivity index is 2.03. The Morgan fingerprint density at radius 1 is 1.28 bits per heavy atom. The summed E-state index contributed by atoms with van der Waals surface area (Å²) < 4.78 is 0. The summed E-state index contributed by atoms with van der Waals surface area (Å²) in [5, 5.41) is 6.25. The molecule has 1 heterocycles. The van der Waals surface area contributed by atoms with Gasteiger partial charge in [-0.3, -0.25) is 0 Å². The van der Waals surface area contributed by atoms with Gasteiger partial charge in [0.15, 0.2) is 5.13 Å². The van der Waals surface area contributed by atoms with Crippen molar-refractivity contribution in [2.75, 3.05) is 30.9 Å². The molecule has 0 aliphatic carbocycles. The number of rotatable bonds is 5. The first-order valence-corrected chi connectivity index (χ1v) is 6.76. The summed E-state index contributed by atoms with van der Waals surface area (Å²) in [6.45, 7) is 0.640. The van der Waals surface area contributed by atoms with Crippen molar-refractivity contribution in [1.82, 2.24) is 4.98 Å². The SMILES string of the molecule is CN(C)c1ccc(Nc2nc(CCN)cs2)cc1. The molecule has 1 aromatic heterocycles. The summed E-state index contributed by atoms with van der Waals surface area (Å²) in [5.74, 6) is 0. The molecule has 0 spiro atoms. The topological polar surface area (TPSA) is 54.2 Å². The van der Waals surface area contributed by atoms with E-state index in [2.05, 4.69) is 39.5 Å². The molecule has 0 amide bonds. The predicted molar refractivity (Wildman–Crippen MR) is 78.9 cm³/mol. The lowest BCUT2D eigenvalue weighted by molar-refractivity contribution is 0.936. The van der Waals surface area contributed by atoms with E-state index in [1.54, 1.807) is 11.3 Å². The summed E-state index contributed by atoms with van der Waals surface area (Å²) in [5.41, 5.74) is 8.79. The maximum atomic E-state index is 5.51. The first-order chi connectivity index (χ1) is 8.69. The second kappa shape index (κ2) is 5.84. The van der Waals surface area contributed by atoms with Crippen LogP contribution in [-0.2, 0) is 6.42 Å². The molecule has 5 heteroatoms. The number of anilines is 3. The van der Waals surface area contributed by atoms with Crippen LogP contribution in [-0.4, -0.2) is 25.6 Å². The molecule has 1 aromatic carbocycles. The summed E-state index contributed by atoms with van der Waals surface area (Å²) in [6, 6.07) is 8.27. The average Bonchev–Trinajstić information content (AvgIpc) is 2.78. The fraction of sp³-hybridized carbons (Fsp3) is 0.308.